The number of phenolic OH excluding ortho intramolecular Hbond substituents is 1. The molecule has 2 aromatic rings. The zero-order valence-electron chi connectivity index (χ0n) is 15.2. The van der Waals surface area contributed by atoms with Crippen molar-refractivity contribution in [3.8, 4) is 11.5 Å². The zero-order chi connectivity index (χ0) is 18.4. The summed E-state index contributed by atoms with van der Waals surface area (Å²) in [5.74, 6) is 0.896. The predicted molar refractivity (Wildman–Crippen MR) is 101 cm³/mol. The van der Waals surface area contributed by atoms with Crippen molar-refractivity contribution in [3.63, 3.8) is 0 Å². The summed E-state index contributed by atoms with van der Waals surface area (Å²) in [4.78, 5) is 14.1. The number of Topliss-reactive ketones (excluding diaryl/α,β-unsaturated/α-hetero) is 1. The standard InChI is InChI=1S/C21H25NO3/c1-15(22(3)4)12-18-14-19(24)10-11-20(18)25-21(16(2)23)13-17-8-6-5-7-9-17/h5-11,13-15,24H,12H2,1-4H3. The second-order valence-electron chi connectivity index (χ2n) is 6.39. The second kappa shape index (κ2) is 8.49. The first-order valence-electron chi connectivity index (χ1n) is 8.30. The Morgan fingerprint density at radius 3 is 2.48 bits per heavy atom. The third kappa shape index (κ3) is 5.47. The summed E-state index contributed by atoms with van der Waals surface area (Å²) < 4.78 is 5.93. The number of carbonyl (C=O) groups excluding carboxylic acids is 1. The number of hydrogen-bond acceptors (Lipinski definition) is 4. The lowest BCUT2D eigenvalue weighted by molar-refractivity contribution is -0.115. The van der Waals surface area contributed by atoms with Crippen LogP contribution in [0.4, 0.5) is 0 Å². The van der Waals surface area contributed by atoms with E-state index >= 15 is 0 Å². The van der Waals surface area contributed by atoms with E-state index in [1.165, 1.54) is 6.92 Å². The van der Waals surface area contributed by atoms with Crippen LogP contribution in [0, 0.1) is 0 Å². The number of rotatable bonds is 7. The lowest BCUT2D eigenvalue weighted by atomic mass is 10.0. The lowest BCUT2D eigenvalue weighted by Gasteiger charge is -2.21. The molecular weight excluding hydrogens is 314 g/mol. The molecule has 0 heterocycles. The Bertz CT molecular complexity index is 751. The molecule has 2 aromatic carbocycles. The van der Waals surface area contributed by atoms with Crippen molar-refractivity contribution in [1.82, 2.24) is 4.90 Å². The van der Waals surface area contributed by atoms with E-state index in [2.05, 4.69) is 11.8 Å². The zero-order valence-corrected chi connectivity index (χ0v) is 15.2. The van der Waals surface area contributed by atoms with Gasteiger partial charge in [-0.15, -0.1) is 0 Å². The normalized spacial score (nSPS) is 12.9. The van der Waals surface area contributed by atoms with Gasteiger partial charge < -0.3 is 14.7 Å². The molecule has 0 amide bonds. The van der Waals surface area contributed by atoms with E-state index < -0.39 is 0 Å². The molecule has 0 aliphatic carbocycles. The van der Waals surface area contributed by atoms with Crippen molar-refractivity contribution >= 4 is 11.9 Å². The van der Waals surface area contributed by atoms with Gasteiger partial charge in [-0.05, 0) is 62.8 Å². The van der Waals surface area contributed by atoms with Crippen LogP contribution in [0.25, 0.3) is 6.08 Å². The third-order valence-electron chi connectivity index (χ3n) is 4.11. The molecule has 0 bridgehead atoms. The number of benzene rings is 2. The van der Waals surface area contributed by atoms with Gasteiger partial charge in [0.25, 0.3) is 0 Å². The highest BCUT2D eigenvalue weighted by Crippen LogP contribution is 2.27. The highest BCUT2D eigenvalue weighted by atomic mass is 16.5. The lowest BCUT2D eigenvalue weighted by Crippen LogP contribution is -2.26. The van der Waals surface area contributed by atoms with Gasteiger partial charge in [-0.25, -0.2) is 0 Å². The number of hydrogen-bond donors (Lipinski definition) is 1. The van der Waals surface area contributed by atoms with Gasteiger partial charge in [-0.1, -0.05) is 30.3 Å². The molecule has 0 aliphatic rings. The highest BCUT2D eigenvalue weighted by Gasteiger charge is 2.15. The van der Waals surface area contributed by atoms with Crippen LogP contribution in [0.3, 0.4) is 0 Å². The molecule has 0 saturated carbocycles. The average Bonchev–Trinajstić information content (AvgIpc) is 2.57. The monoisotopic (exact) mass is 339 g/mol. The fourth-order valence-corrected chi connectivity index (χ4v) is 2.35. The molecule has 0 radical (unpaired) electrons. The molecular formula is C21H25NO3. The van der Waals surface area contributed by atoms with Crippen LogP contribution in [0.1, 0.15) is 25.0 Å². The molecule has 1 N–H and O–H groups in total. The second-order valence-corrected chi connectivity index (χ2v) is 6.39. The summed E-state index contributed by atoms with van der Waals surface area (Å²) in [6.07, 6.45) is 2.43. The summed E-state index contributed by atoms with van der Waals surface area (Å²) in [6.45, 7) is 3.58. The number of nitrogens with zero attached hydrogens (tertiary/aromatic N) is 1. The Labute approximate surface area is 149 Å². The van der Waals surface area contributed by atoms with E-state index in [9.17, 15) is 9.90 Å². The molecule has 0 saturated heterocycles. The minimum Gasteiger partial charge on any atom is -0.508 e. The Balaban J connectivity index is 2.33. The van der Waals surface area contributed by atoms with Crippen molar-refractivity contribution < 1.29 is 14.6 Å². The van der Waals surface area contributed by atoms with Crippen LogP contribution in [-0.2, 0) is 11.2 Å². The number of likely N-dealkylation sites (N-methyl/N-ethyl adjacent to an activating group) is 1. The average molecular weight is 339 g/mol. The van der Waals surface area contributed by atoms with Crippen LogP contribution < -0.4 is 4.74 Å². The number of allylic oxidation sites excluding steroid dienone is 1. The number of ether oxygens (including phenoxy) is 1. The Morgan fingerprint density at radius 1 is 1.20 bits per heavy atom. The first-order valence-corrected chi connectivity index (χ1v) is 8.30. The third-order valence-corrected chi connectivity index (χ3v) is 4.11. The number of phenols is 1. The predicted octanol–water partition coefficient (Wildman–Crippen LogP) is 3.89. The van der Waals surface area contributed by atoms with Crippen LogP contribution in [0.5, 0.6) is 11.5 Å². The Kier molecular flexibility index (Phi) is 6.37. The van der Waals surface area contributed by atoms with Gasteiger partial charge in [0.15, 0.2) is 11.5 Å². The fraction of sp³-hybridized carbons (Fsp3) is 0.286. The molecule has 25 heavy (non-hydrogen) atoms. The smallest absolute Gasteiger partial charge is 0.194 e. The van der Waals surface area contributed by atoms with Crippen molar-refractivity contribution in [2.75, 3.05) is 14.1 Å². The van der Waals surface area contributed by atoms with Gasteiger partial charge >= 0.3 is 0 Å². The van der Waals surface area contributed by atoms with E-state index in [-0.39, 0.29) is 23.3 Å². The number of aromatic hydroxyl groups is 1. The van der Waals surface area contributed by atoms with Crippen LogP contribution in [0.15, 0.2) is 54.3 Å². The maximum absolute atomic E-state index is 12.0. The van der Waals surface area contributed by atoms with Crippen LogP contribution in [0.2, 0.25) is 0 Å². The SMILES string of the molecule is CC(=O)C(=Cc1ccccc1)Oc1ccc(O)cc1CC(C)N(C)C. The topological polar surface area (TPSA) is 49.8 Å². The first-order chi connectivity index (χ1) is 11.9. The summed E-state index contributed by atoms with van der Waals surface area (Å²) in [7, 11) is 4.01. The van der Waals surface area contributed by atoms with Gasteiger partial charge in [0.2, 0.25) is 0 Å². The van der Waals surface area contributed by atoms with Gasteiger partial charge in [-0.3, -0.25) is 4.79 Å². The molecule has 4 nitrogen and oxygen atoms in total. The molecule has 2 rings (SSSR count). The highest BCUT2D eigenvalue weighted by molar-refractivity contribution is 5.96. The minimum absolute atomic E-state index is 0.150. The van der Waals surface area contributed by atoms with Crippen molar-refractivity contribution in [1.29, 1.82) is 0 Å². The summed E-state index contributed by atoms with van der Waals surface area (Å²) >= 11 is 0. The van der Waals surface area contributed by atoms with E-state index in [1.54, 1.807) is 24.3 Å². The minimum atomic E-state index is -0.150. The Morgan fingerprint density at radius 2 is 1.88 bits per heavy atom. The van der Waals surface area contributed by atoms with Crippen LogP contribution >= 0.6 is 0 Å². The molecule has 1 atom stereocenters. The fourth-order valence-electron chi connectivity index (χ4n) is 2.35. The first kappa shape index (κ1) is 18.7. The van der Waals surface area contributed by atoms with Gasteiger partial charge in [0, 0.05) is 13.0 Å². The summed E-state index contributed by atoms with van der Waals surface area (Å²) in [6, 6.07) is 14.8. The van der Waals surface area contributed by atoms with E-state index in [0.717, 1.165) is 11.1 Å². The summed E-state index contributed by atoms with van der Waals surface area (Å²) in [5, 5.41) is 9.82. The molecule has 132 valence electrons. The molecule has 0 spiro atoms. The maximum Gasteiger partial charge on any atom is 0.194 e. The van der Waals surface area contributed by atoms with Crippen molar-refractivity contribution in [2.24, 2.45) is 0 Å². The molecule has 0 fully saturated rings. The molecule has 4 heteroatoms. The van der Waals surface area contributed by atoms with E-state index in [0.29, 0.717) is 12.2 Å². The quantitative estimate of drug-likeness (QED) is 0.614. The van der Waals surface area contributed by atoms with Crippen molar-refractivity contribution in [2.45, 2.75) is 26.3 Å². The molecule has 1 unspecified atom stereocenters. The van der Waals surface area contributed by atoms with Crippen molar-refractivity contribution in [3.05, 3.63) is 65.4 Å². The molecule has 0 aromatic heterocycles. The largest absolute Gasteiger partial charge is 0.508 e. The Hall–Kier alpha value is -2.59. The number of ketones is 1. The van der Waals surface area contributed by atoms with E-state index in [4.69, 9.17) is 4.74 Å². The number of carbonyl (C=O) groups is 1. The van der Waals surface area contributed by atoms with Crippen LogP contribution in [-0.4, -0.2) is 35.9 Å². The van der Waals surface area contributed by atoms with Gasteiger partial charge in [-0.2, -0.15) is 0 Å². The van der Waals surface area contributed by atoms with Gasteiger partial charge in [0.05, 0.1) is 0 Å². The summed E-state index contributed by atoms with van der Waals surface area (Å²) in [5.41, 5.74) is 1.76. The van der Waals surface area contributed by atoms with E-state index in [1.807, 2.05) is 44.4 Å². The molecule has 0 aliphatic heterocycles. The van der Waals surface area contributed by atoms with Gasteiger partial charge in [0.1, 0.15) is 11.5 Å². The maximum atomic E-state index is 12.0.